The summed E-state index contributed by atoms with van der Waals surface area (Å²) in [6.07, 6.45) is 1.68. The molecule has 2 N–H and O–H groups in total. The molecule has 0 saturated heterocycles. The van der Waals surface area contributed by atoms with Crippen LogP contribution in [0.25, 0.3) is 11.0 Å². The third-order valence-electron chi connectivity index (χ3n) is 4.52. The fraction of sp³-hybridized carbons (Fsp3) is 0.350. The topological polar surface area (TPSA) is 60.0 Å². The number of hydrogen-bond donors (Lipinski definition) is 1. The predicted octanol–water partition coefficient (Wildman–Crippen LogP) is 3.64. The quantitative estimate of drug-likeness (QED) is 0.728. The highest BCUT2D eigenvalue weighted by Crippen LogP contribution is 2.26. The monoisotopic (exact) mass is 326 g/mol. The van der Waals surface area contributed by atoms with Crippen LogP contribution >= 0.6 is 0 Å². The van der Waals surface area contributed by atoms with Crippen LogP contribution in [0.15, 0.2) is 50.2 Å². The molecule has 0 saturated carbocycles. The van der Waals surface area contributed by atoms with E-state index in [1.165, 1.54) is 5.56 Å². The van der Waals surface area contributed by atoms with E-state index in [0.717, 1.165) is 22.3 Å². The minimum absolute atomic E-state index is 0.192. The standard InChI is InChI=1S/C20H23NO3/c1-12(2)16-10-17-15(9-20(22)24-19(17)8-13(16)3)11-21-14(4)18-6-5-7-23-18/h5-10,12,14,21H,11H2,1-4H3/p+1/t14-/m1/s1. The number of nitrogens with two attached hydrogens (primary N) is 1. The van der Waals surface area contributed by atoms with Gasteiger partial charge in [-0.3, -0.25) is 0 Å². The third-order valence-corrected chi connectivity index (χ3v) is 4.52. The highest BCUT2D eigenvalue weighted by Gasteiger charge is 2.15. The Morgan fingerprint density at radius 3 is 2.62 bits per heavy atom. The van der Waals surface area contributed by atoms with E-state index in [9.17, 15) is 4.79 Å². The summed E-state index contributed by atoms with van der Waals surface area (Å²) in [6.45, 7) is 9.21. The van der Waals surface area contributed by atoms with Crippen molar-refractivity contribution in [2.45, 2.75) is 46.2 Å². The minimum Gasteiger partial charge on any atom is -0.463 e. The van der Waals surface area contributed by atoms with Crippen LogP contribution in [0.2, 0.25) is 0 Å². The maximum atomic E-state index is 11.9. The number of hydrogen-bond acceptors (Lipinski definition) is 3. The highest BCUT2D eigenvalue weighted by atomic mass is 16.4. The molecule has 0 unspecified atom stereocenters. The van der Waals surface area contributed by atoms with Crippen LogP contribution in [0.1, 0.15) is 55.2 Å². The number of furan rings is 1. The van der Waals surface area contributed by atoms with Crippen LogP contribution in [-0.4, -0.2) is 0 Å². The second kappa shape index (κ2) is 6.65. The molecule has 2 aromatic heterocycles. The lowest BCUT2D eigenvalue weighted by Gasteiger charge is -2.13. The summed E-state index contributed by atoms with van der Waals surface area (Å²) in [4.78, 5) is 11.9. The van der Waals surface area contributed by atoms with Crippen LogP contribution in [0, 0.1) is 6.92 Å². The fourth-order valence-electron chi connectivity index (χ4n) is 3.15. The van der Waals surface area contributed by atoms with E-state index in [0.29, 0.717) is 18.0 Å². The maximum absolute atomic E-state index is 11.9. The maximum Gasteiger partial charge on any atom is 0.336 e. The molecule has 0 aliphatic heterocycles. The summed E-state index contributed by atoms with van der Waals surface area (Å²) in [5.74, 6) is 1.36. The molecule has 3 aromatic rings. The first-order valence-corrected chi connectivity index (χ1v) is 8.39. The zero-order chi connectivity index (χ0) is 17.3. The van der Waals surface area contributed by atoms with Gasteiger partial charge in [0.2, 0.25) is 0 Å². The summed E-state index contributed by atoms with van der Waals surface area (Å²) >= 11 is 0. The van der Waals surface area contributed by atoms with Gasteiger partial charge >= 0.3 is 5.63 Å². The molecule has 0 aliphatic rings. The Kier molecular flexibility index (Phi) is 4.58. The van der Waals surface area contributed by atoms with Gasteiger partial charge in [-0.1, -0.05) is 13.8 Å². The normalized spacial score (nSPS) is 12.9. The first kappa shape index (κ1) is 16.5. The van der Waals surface area contributed by atoms with E-state index in [1.807, 2.05) is 18.2 Å². The minimum atomic E-state index is -0.298. The Morgan fingerprint density at radius 1 is 1.17 bits per heavy atom. The van der Waals surface area contributed by atoms with Crippen molar-refractivity contribution in [1.29, 1.82) is 0 Å². The van der Waals surface area contributed by atoms with Gasteiger partial charge in [-0.25, -0.2) is 4.79 Å². The summed E-state index contributed by atoms with van der Waals surface area (Å²) in [5, 5.41) is 3.19. The zero-order valence-electron chi connectivity index (χ0n) is 14.6. The van der Waals surface area contributed by atoms with E-state index in [-0.39, 0.29) is 11.7 Å². The van der Waals surface area contributed by atoms with Crippen molar-refractivity contribution in [2.75, 3.05) is 0 Å². The van der Waals surface area contributed by atoms with Crippen molar-refractivity contribution >= 4 is 11.0 Å². The van der Waals surface area contributed by atoms with Gasteiger partial charge in [0.15, 0.2) is 5.76 Å². The molecule has 126 valence electrons. The van der Waals surface area contributed by atoms with Gasteiger partial charge in [-0.15, -0.1) is 0 Å². The molecule has 1 atom stereocenters. The Labute approximate surface area is 141 Å². The number of benzene rings is 1. The zero-order valence-corrected chi connectivity index (χ0v) is 14.6. The largest absolute Gasteiger partial charge is 0.463 e. The summed E-state index contributed by atoms with van der Waals surface area (Å²) < 4.78 is 10.9. The Morgan fingerprint density at radius 2 is 1.96 bits per heavy atom. The van der Waals surface area contributed by atoms with E-state index in [1.54, 1.807) is 12.3 Å². The first-order chi connectivity index (χ1) is 11.5. The van der Waals surface area contributed by atoms with Crippen LogP contribution in [-0.2, 0) is 6.54 Å². The summed E-state index contributed by atoms with van der Waals surface area (Å²) in [6, 6.07) is 9.80. The van der Waals surface area contributed by atoms with Crippen LogP contribution in [0.5, 0.6) is 0 Å². The first-order valence-electron chi connectivity index (χ1n) is 8.39. The number of aryl methyl sites for hydroxylation is 1. The third kappa shape index (κ3) is 3.29. The molecule has 0 bridgehead atoms. The van der Waals surface area contributed by atoms with Crippen molar-refractivity contribution in [1.82, 2.24) is 0 Å². The van der Waals surface area contributed by atoms with E-state index in [4.69, 9.17) is 8.83 Å². The molecule has 4 heteroatoms. The lowest BCUT2D eigenvalue weighted by Crippen LogP contribution is -2.83. The molecule has 3 rings (SSSR count). The van der Waals surface area contributed by atoms with Gasteiger partial charge in [0.05, 0.1) is 6.26 Å². The van der Waals surface area contributed by atoms with Crippen molar-refractivity contribution in [3.8, 4) is 0 Å². The van der Waals surface area contributed by atoms with E-state index >= 15 is 0 Å². The SMILES string of the molecule is Cc1cc2oc(=O)cc(C[NH2+][C@H](C)c3ccco3)c2cc1C(C)C. The molecule has 0 radical (unpaired) electrons. The number of quaternary nitrogens is 1. The summed E-state index contributed by atoms with van der Waals surface area (Å²) in [5.41, 5.74) is 3.82. The van der Waals surface area contributed by atoms with Crippen molar-refractivity contribution in [3.05, 3.63) is 69.5 Å². The van der Waals surface area contributed by atoms with Gasteiger partial charge in [0.1, 0.15) is 18.2 Å². The van der Waals surface area contributed by atoms with Gasteiger partial charge in [0.25, 0.3) is 0 Å². The average molecular weight is 326 g/mol. The fourth-order valence-corrected chi connectivity index (χ4v) is 3.15. The van der Waals surface area contributed by atoms with Gasteiger partial charge < -0.3 is 14.2 Å². The molecule has 1 aromatic carbocycles. The molecule has 4 nitrogen and oxygen atoms in total. The van der Waals surface area contributed by atoms with Gasteiger partial charge in [0, 0.05) is 17.0 Å². The molecule has 0 fully saturated rings. The Hall–Kier alpha value is -2.33. The van der Waals surface area contributed by atoms with Crippen LogP contribution in [0.4, 0.5) is 0 Å². The molecular formula is C20H24NO3+. The van der Waals surface area contributed by atoms with Crippen molar-refractivity contribution in [3.63, 3.8) is 0 Å². The van der Waals surface area contributed by atoms with Crippen molar-refractivity contribution in [2.24, 2.45) is 0 Å². The molecule has 0 spiro atoms. The second-order valence-corrected chi connectivity index (χ2v) is 6.69. The molecule has 0 amide bonds. The number of rotatable bonds is 5. The van der Waals surface area contributed by atoms with E-state index in [2.05, 4.69) is 39.1 Å². The average Bonchev–Trinajstić information content (AvgIpc) is 3.05. The molecule has 2 heterocycles. The second-order valence-electron chi connectivity index (χ2n) is 6.69. The van der Waals surface area contributed by atoms with E-state index < -0.39 is 0 Å². The van der Waals surface area contributed by atoms with Gasteiger partial charge in [-0.2, -0.15) is 0 Å². The lowest BCUT2D eigenvalue weighted by atomic mass is 9.95. The molecule has 24 heavy (non-hydrogen) atoms. The van der Waals surface area contributed by atoms with Crippen LogP contribution in [0.3, 0.4) is 0 Å². The Bertz CT molecular complexity index is 891. The smallest absolute Gasteiger partial charge is 0.336 e. The van der Waals surface area contributed by atoms with Crippen LogP contribution < -0.4 is 10.9 Å². The Balaban J connectivity index is 1.97. The predicted molar refractivity (Wildman–Crippen MR) is 94.1 cm³/mol. The molecule has 0 aliphatic carbocycles. The molecular weight excluding hydrogens is 302 g/mol. The highest BCUT2D eigenvalue weighted by molar-refractivity contribution is 5.82. The lowest BCUT2D eigenvalue weighted by molar-refractivity contribution is -0.709. The van der Waals surface area contributed by atoms with Crippen molar-refractivity contribution < 1.29 is 14.2 Å². The number of fused-ring (bicyclic) bond motifs is 1. The summed E-state index contributed by atoms with van der Waals surface area (Å²) in [7, 11) is 0. The van der Waals surface area contributed by atoms with Gasteiger partial charge in [-0.05, 0) is 55.2 Å².